The predicted octanol–water partition coefficient (Wildman–Crippen LogP) is 4.65. The van der Waals surface area contributed by atoms with Gasteiger partial charge in [-0.1, -0.05) is 78.0 Å². The summed E-state index contributed by atoms with van der Waals surface area (Å²) in [5, 5.41) is 17.6. The van der Waals surface area contributed by atoms with Crippen molar-refractivity contribution in [2.24, 2.45) is 15.4 Å². The van der Waals surface area contributed by atoms with Gasteiger partial charge < -0.3 is 0 Å². The molecule has 10 heteroatoms. The number of benzene rings is 4. The molecule has 0 radical (unpaired) electrons. The van der Waals surface area contributed by atoms with Crippen molar-refractivity contribution in [3.63, 3.8) is 0 Å². The SMILES string of the molecule is O=C1[C@@H]2N=NN(CC(=O)N3N=C(c4ccc5ccccc5c4)C[C@@H]3c3ccccc3)[C@H]2C(=O)N1c1cccc(F)c1. The Morgan fingerprint density at radius 3 is 2.44 bits per heavy atom. The summed E-state index contributed by atoms with van der Waals surface area (Å²) in [4.78, 5) is 41.0. The highest BCUT2D eigenvalue weighted by Crippen LogP contribution is 2.35. The van der Waals surface area contributed by atoms with E-state index in [1.165, 1.54) is 28.2 Å². The molecule has 9 nitrogen and oxygen atoms in total. The van der Waals surface area contributed by atoms with Gasteiger partial charge in [-0.05, 0) is 46.2 Å². The van der Waals surface area contributed by atoms with Crippen LogP contribution >= 0.6 is 0 Å². The zero-order valence-electron chi connectivity index (χ0n) is 21.7. The van der Waals surface area contributed by atoms with Crippen LogP contribution in [0.15, 0.2) is 113 Å². The third-order valence-electron chi connectivity index (χ3n) is 7.65. The van der Waals surface area contributed by atoms with Crippen LogP contribution in [0.5, 0.6) is 0 Å². The number of anilines is 1. The van der Waals surface area contributed by atoms with E-state index in [9.17, 15) is 18.8 Å². The summed E-state index contributed by atoms with van der Waals surface area (Å²) in [5.74, 6) is -2.18. The van der Waals surface area contributed by atoms with Crippen molar-refractivity contribution < 1.29 is 18.8 Å². The molecule has 202 valence electrons. The maximum absolute atomic E-state index is 13.8. The fourth-order valence-corrected chi connectivity index (χ4v) is 5.65. The first-order valence-electron chi connectivity index (χ1n) is 13.2. The van der Waals surface area contributed by atoms with Gasteiger partial charge in [-0.3, -0.25) is 19.4 Å². The largest absolute Gasteiger partial charge is 0.271 e. The fourth-order valence-electron chi connectivity index (χ4n) is 5.65. The summed E-state index contributed by atoms with van der Waals surface area (Å²) in [6.45, 7) is -0.307. The predicted molar refractivity (Wildman–Crippen MR) is 149 cm³/mol. The lowest BCUT2D eigenvalue weighted by molar-refractivity contribution is -0.135. The number of rotatable bonds is 5. The Kier molecular flexibility index (Phi) is 5.88. The molecule has 0 unspecified atom stereocenters. The molecule has 0 aromatic heterocycles. The van der Waals surface area contributed by atoms with Crippen LogP contribution in [0, 0.1) is 5.82 Å². The molecule has 4 aromatic carbocycles. The number of imide groups is 1. The molecule has 4 aromatic rings. The fraction of sp³-hybridized carbons (Fsp3) is 0.161. The minimum atomic E-state index is -1.10. The molecule has 0 spiro atoms. The number of hydrogen-bond acceptors (Lipinski definition) is 7. The van der Waals surface area contributed by atoms with E-state index in [0.29, 0.717) is 6.42 Å². The number of hydrazone groups is 1. The Morgan fingerprint density at radius 1 is 0.854 bits per heavy atom. The molecule has 3 aliphatic heterocycles. The normalized spacial score (nSPS) is 21.6. The molecular formula is C31H23FN6O3. The van der Waals surface area contributed by atoms with E-state index in [-0.39, 0.29) is 18.3 Å². The van der Waals surface area contributed by atoms with Gasteiger partial charge in [-0.25, -0.2) is 14.3 Å². The highest BCUT2D eigenvalue weighted by Gasteiger charge is 2.55. The minimum absolute atomic E-state index is 0.115. The number of halogens is 1. The summed E-state index contributed by atoms with van der Waals surface area (Å²) in [6, 6.07) is 26.5. The lowest BCUT2D eigenvalue weighted by atomic mass is 9.97. The minimum Gasteiger partial charge on any atom is -0.271 e. The van der Waals surface area contributed by atoms with Crippen LogP contribution in [0.4, 0.5) is 10.1 Å². The van der Waals surface area contributed by atoms with Crippen LogP contribution in [-0.2, 0) is 14.4 Å². The molecule has 1 fully saturated rings. The first-order valence-corrected chi connectivity index (χ1v) is 13.2. The van der Waals surface area contributed by atoms with E-state index in [2.05, 4.69) is 16.4 Å². The topological polar surface area (TPSA) is 98.0 Å². The lowest BCUT2D eigenvalue weighted by Crippen LogP contribution is -2.44. The summed E-state index contributed by atoms with van der Waals surface area (Å²) in [6.07, 6.45) is 0.506. The van der Waals surface area contributed by atoms with Crippen LogP contribution in [0.25, 0.3) is 10.8 Å². The van der Waals surface area contributed by atoms with Crippen LogP contribution in [0.3, 0.4) is 0 Å². The molecule has 0 aliphatic carbocycles. The monoisotopic (exact) mass is 546 g/mol. The molecule has 7 rings (SSSR count). The second-order valence-electron chi connectivity index (χ2n) is 10.2. The van der Waals surface area contributed by atoms with Crippen molar-refractivity contribution in [3.8, 4) is 0 Å². The van der Waals surface area contributed by atoms with Gasteiger partial charge in [-0.2, -0.15) is 10.2 Å². The zero-order chi connectivity index (χ0) is 28.1. The third kappa shape index (κ3) is 4.24. The second-order valence-corrected chi connectivity index (χ2v) is 10.2. The molecule has 3 atom stereocenters. The maximum atomic E-state index is 13.8. The molecule has 41 heavy (non-hydrogen) atoms. The zero-order valence-corrected chi connectivity index (χ0v) is 21.7. The molecule has 3 aliphatic rings. The van der Waals surface area contributed by atoms with Gasteiger partial charge >= 0.3 is 0 Å². The number of hydrogen-bond donors (Lipinski definition) is 0. The Hall–Kier alpha value is -5.25. The Bertz CT molecular complexity index is 1770. The van der Waals surface area contributed by atoms with Gasteiger partial charge in [0.1, 0.15) is 12.4 Å². The second kappa shape index (κ2) is 9.74. The summed E-state index contributed by atoms with van der Waals surface area (Å²) >= 11 is 0. The first kappa shape index (κ1) is 24.8. The lowest BCUT2D eigenvalue weighted by Gasteiger charge is -2.25. The van der Waals surface area contributed by atoms with Crippen molar-refractivity contribution in [3.05, 3.63) is 114 Å². The van der Waals surface area contributed by atoms with Gasteiger partial charge in [0.05, 0.1) is 17.4 Å². The van der Waals surface area contributed by atoms with Crippen molar-refractivity contribution in [1.82, 2.24) is 10.0 Å². The van der Waals surface area contributed by atoms with E-state index in [1.54, 1.807) is 0 Å². The Labute approximate surface area is 234 Å². The average Bonchev–Trinajstić information content (AvgIpc) is 3.68. The smallest absolute Gasteiger partial charge is 0.264 e. The van der Waals surface area contributed by atoms with Crippen molar-refractivity contribution in [2.75, 3.05) is 11.4 Å². The molecule has 3 heterocycles. The molecule has 0 saturated carbocycles. The summed E-state index contributed by atoms with van der Waals surface area (Å²) in [7, 11) is 0. The van der Waals surface area contributed by atoms with Crippen LogP contribution in [0.1, 0.15) is 23.6 Å². The number of fused-ring (bicyclic) bond motifs is 2. The molecule has 3 amide bonds. The van der Waals surface area contributed by atoms with E-state index in [1.807, 2.05) is 66.7 Å². The van der Waals surface area contributed by atoms with Crippen molar-refractivity contribution in [1.29, 1.82) is 0 Å². The van der Waals surface area contributed by atoms with E-state index in [0.717, 1.165) is 38.6 Å². The maximum Gasteiger partial charge on any atom is 0.264 e. The molecule has 0 N–H and O–H groups in total. The highest BCUT2D eigenvalue weighted by molar-refractivity contribution is 6.25. The standard InChI is InChI=1S/C31H23FN6O3/c32-23-11-6-12-24(16-23)37-30(40)28-29(31(37)41)36(35-33-28)18-27(39)38-26(20-8-2-1-3-9-20)17-25(34-38)22-14-13-19-7-4-5-10-21(19)15-22/h1-16,26,28-29H,17-18H2/t26-,28-,29-/m1/s1. The molecular weight excluding hydrogens is 523 g/mol. The number of nitrogens with zero attached hydrogens (tertiary/aromatic N) is 6. The van der Waals surface area contributed by atoms with Gasteiger partial charge in [0.2, 0.25) is 0 Å². The molecule has 0 bridgehead atoms. The average molecular weight is 547 g/mol. The van der Waals surface area contributed by atoms with Gasteiger partial charge in [0, 0.05) is 6.42 Å². The summed E-state index contributed by atoms with van der Waals surface area (Å²) in [5.41, 5.74) is 2.72. The number of amides is 3. The Morgan fingerprint density at radius 2 is 1.63 bits per heavy atom. The van der Waals surface area contributed by atoms with Gasteiger partial charge in [0.15, 0.2) is 12.1 Å². The Balaban J connectivity index is 1.17. The first-order chi connectivity index (χ1) is 20.0. The third-order valence-corrected chi connectivity index (χ3v) is 7.65. The van der Waals surface area contributed by atoms with Crippen LogP contribution < -0.4 is 4.90 Å². The van der Waals surface area contributed by atoms with Gasteiger partial charge in [-0.15, -0.1) is 0 Å². The van der Waals surface area contributed by atoms with E-state index in [4.69, 9.17) is 5.10 Å². The van der Waals surface area contributed by atoms with Crippen molar-refractivity contribution in [2.45, 2.75) is 24.5 Å². The van der Waals surface area contributed by atoms with E-state index < -0.39 is 35.6 Å². The summed E-state index contributed by atoms with van der Waals surface area (Å²) < 4.78 is 13.8. The highest BCUT2D eigenvalue weighted by atomic mass is 19.1. The van der Waals surface area contributed by atoms with E-state index >= 15 is 0 Å². The number of carbonyl (C=O) groups is 3. The number of carbonyl (C=O) groups excluding carboxylic acids is 3. The van der Waals surface area contributed by atoms with Crippen LogP contribution in [-0.4, -0.2) is 52.1 Å². The van der Waals surface area contributed by atoms with Crippen molar-refractivity contribution >= 4 is 39.9 Å². The quantitative estimate of drug-likeness (QED) is 0.341. The van der Waals surface area contributed by atoms with Crippen LogP contribution in [0.2, 0.25) is 0 Å². The molecule has 1 saturated heterocycles. The van der Waals surface area contributed by atoms with Gasteiger partial charge in [0.25, 0.3) is 17.7 Å².